The van der Waals surface area contributed by atoms with Crippen LogP contribution in [0.4, 0.5) is 0 Å². The molecular formula is C13H24N2O2. The summed E-state index contributed by atoms with van der Waals surface area (Å²) in [6, 6.07) is 0. The molecule has 1 fully saturated rings. The molecule has 0 saturated carbocycles. The normalized spacial score (nSPS) is 16.5. The lowest BCUT2D eigenvalue weighted by Crippen LogP contribution is -2.51. The molecule has 1 N–H and O–H groups in total. The zero-order valence-electron chi connectivity index (χ0n) is 11.0. The lowest BCUT2D eigenvalue weighted by atomic mass is 10.0. The maximum absolute atomic E-state index is 11.5. The standard InChI is InChI=1S/C13H24N2O2/c1-11(2)7-5-3-4-6-8-15-10-12(16)14-9-13(15)17/h11H,3-10H2,1-2H3,(H,14,16). The van der Waals surface area contributed by atoms with Gasteiger partial charge in [0.05, 0.1) is 13.1 Å². The highest BCUT2D eigenvalue weighted by molar-refractivity contribution is 5.92. The SMILES string of the molecule is CC(C)CCCCCCN1CC(=O)NCC1=O. The van der Waals surface area contributed by atoms with Crippen molar-refractivity contribution in [2.45, 2.75) is 46.0 Å². The van der Waals surface area contributed by atoms with E-state index in [4.69, 9.17) is 0 Å². The summed E-state index contributed by atoms with van der Waals surface area (Å²) in [6.45, 7) is 5.63. The van der Waals surface area contributed by atoms with Crippen molar-refractivity contribution in [3.8, 4) is 0 Å². The fourth-order valence-electron chi connectivity index (χ4n) is 2.02. The lowest BCUT2D eigenvalue weighted by Gasteiger charge is -2.26. The number of nitrogens with zero attached hydrogens (tertiary/aromatic N) is 1. The molecule has 0 aromatic carbocycles. The van der Waals surface area contributed by atoms with E-state index in [1.165, 1.54) is 19.3 Å². The van der Waals surface area contributed by atoms with E-state index in [2.05, 4.69) is 19.2 Å². The number of nitrogens with one attached hydrogen (secondary N) is 1. The lowest BCUT2D eigenvalue weighted by molar-refractivity contribution is -0.140. The maximum atomic E-state index is 11.5. The quantitative estimate of drug-likeness (QED) is 0.686. The number of rotatable bonds is 7. The summed E-state index contributed by atoms with van der Waals surface area (Å²) in [4.78, 5) is 24.3. The summed E-state index contributed by atoms with van der Waals surface area (Å²) >= 11 is 0. The van der Waals surface area contributed by atoms with Crippen LogP contribution in [0, 0.1) is 5.92 Å². The van der Waals surface area contributed by atoms with Gasteiger partial charge in [-0.15, -0.1) is 0 Å². The van der Waals surface area contributed by atoms with Crippen LogP contribution in [0.3, 0.4) is 0 Å². The molecular weight excluding hydrogens is 216 g/mol. The van der Waals surface area contributed by atoms with Crippen LogP contribution < -0.4 is 5.32 Å². The van der Waals surface area contributed by atoms with E-state index in [-0.39, 0.29) is 24.9 Å². The van der Waals surface area contributed by atoms with Gasteiger partial charge in [0.15, 0.2) is 0 Å². The zero-order valence-corrected chi connectivity index (χ0v) is 11.0. The number of piperazine rings is 1. The molecule has 0 atom stereocenters. The molecule has 2 amide bonds. The van der Waals surface area contributed by atoms with Crippen LogP contribution in [0.2, 0.25) is 0 Å². The minimum absolute atomic E-state index is 0.0376. The predicted octanol–water partition coefficient (Wildman–Crippen LogP) is 1.55. The number of carbonyl (C=O) groups excluding carboxylic acids is 2. The Morgan fingerprint density at radius 2 is 1.88 bits per heavy atom. The largest absolute Gasteiger partial charge is 0.345 e. The van der Waals surface area contributed by atoms with Gasteiger partial charge in [0.1, 0.15) is 0 Å². The fourth-order valence-corrected chi connectivity index (χ4v) is 2.02. The van der Waals surface area contributed by atoms with Crippen molar-refractivity contribution in [2.24, 2.45) is 5.92 Å². The fraction of sp³-hybridized carbons (Fsp3) is 0.846. The molecule has 0 aromatic rings. The van der Waals surface area contributed by atoms with Crippen LogP contribution >= 0.6 is 0 Å². The second-order valence-corrected chi connectivity index (χ2v) is 5.19. The topological polar surface area (TPSA) is 49.4 Å². The summed E-state index contributed by atoms with van der Waals surface area (Å²) in [5.41, 5.74) is 0. The van der Waals surface area contributed by atoms with Gasteiger partial charge in [-0.25, -0.2) is 0 Å². The minimum atomic E-state index is -0.0376. The van der Waals surface area contributed by atoms with Gasteiger partial charge < -0.3 is 10.2 Å². The molecule has 1 aliphatic heterocycles. The second kappa shape index (κ2) is 7.30. The van der Waals surface area contributed by atoms with Gasteiger partial charge in [-0.3, -0.25) is 9.59 Å². The zero-order chi connectivity index (χ0) is 12.7. The molecule has 1 heterocycles. The summed E-state index contributed by atoms with van der Waals surface area (Å²) in [5.74, 6) is 0.790. The van der Waals surface area contributed by atoms with E-state index < -0.39 is 0 Å². The van der Waals surface area contributed by atoms with Gasteiger partial charge in [-0.1, -0.05) is 39.5 Å². The van der Waals surface area contributed by atoms with Crippen LogP contribution in [0.15, 0.2) is 0 Å². The van der Waals surface area contributed by atoms with Crippen molar-refractivity contribution in [2.75, 3.05) is 19.6 Å². The van der Waals surface area contributed by atoms with E-state index in [1.54, 1.807) is 4.90 Å². The monoisotopic (exact) mass is 240 g/mol. The Balaban J connectivity index is 2.05. The van der Waals surface area contributed by atoms with Crippen LogP contribution in [0.1, 0.15) is 46.0 Å². The van der Waals surface area contributed by atoms with Crippen LogP contribution in [0.5, 0.6) is 0 Å². The number of hydrogen-bond donors (Lipinski definition) is 1. The predicted molar refractivity (Wildman–Crippen MR) is 67.5 cm³/mol. The summed E-state index contributed by atoms with van der Waals surface area (Å²) in [5, 5.41) is 2.55. The molecule has 0 aromatic heterocycles. The number of unbranched alkanes of at least 4 members (excludes halogenated alkanes) is 3. The van der Waals surface area contributed by atoms with Crippen LogP contribution in [0.25, 0.3) is 0 Å². The summed E-state index contributed by atoms with van der Waals surface area (Å²) in [7, 11) is 0. The van der Waals surface area contributed by atoms with Gasteiger partial charge >= 0.3 is 0 Å². The van der Waals surface area contributed by atoms with Crippen molar-refractivity contribution in [3.05, 3.63) is 0 Å². The van der Waals surface area contributed by atoms with Crippen LogP contribution in [-0.4, -0.2) is 36.3 Å². The van der Waals surface area contributed by atoms with Gasteiger partial charge in [-0.2, -0.15) is 0 Å². The Bertz CT molecular complexity index is 264. The number of amides is 2. The van der Waals surface area contributed by atoms with E-state index in [1.807, 2.05) is 0 Å². The first-order valence-electron chi connectivity index (χ1n) is 6.64. The number of hydrogen-bond acceptors (Lipinski definition) is 2. The highest BCUT2D eigenvalue weighted by Crippen LogP contribution is 2.10. The highest BCUT2D eigenvalue weighted by atomic mass is 16.2. The molecule has 17 heavy (non-hydrogen) atoms. The Kier molecular flexibility index (Phi) is 6.01. The molecule has 4 heteroatoms. The van der Waals surface area contributed by atoms with Gasteiger partial charge in [0.2, 0.25) is 11.8 Å². The van der Waals surface area contributed by atoms with Crippen molar-refractivity contribution in [3.63, 3.8) is 0 Å². The average molecular weight is 240 g/mol. The molecule has 0 bridgehead atoms. The third-order valence-corrected chi connectivity index (χ3v) is 3.08. The highest BCUT2D eigenvalue weighted by Gasteiger charge is 2.21. The van der Waals surface area contributed by atoms with Crippen molar-refractivity contribution in [1.82, 2.24) is 10.2 Å². The molecule has 0 radical (unpaired) electrons. The molecule has 1 aliphatic rings. The molecule has 1 saturated heterocycles. The Hall–Kier alpha value is -1.06. The first-order chi connectivity index (χ1) is 8.09. The summed E-state index contributed by atoms with van der Waals surface area (Å²) < 4.78 is 0. The van der Waals surface area contributed by atoms with E-state index >= 15 is 0 Å². The van der Waals surface area contributed by atoms with E-state index in [0.29, 0.717) is 0 Å². The van der Waals surface area contributed by atoms with Crippen LogP contribution in [-0.2, 0) is 9.59 Å². The van der Waals surface area contributed by atoms with Crippen molar-refractivity contribution < 1.29 is 9.59 Å². The molecule has 0 aliphatic carbocycles. The third-order valence-electron chi connectivity index (χ3n) is 3.08. The number of carbonyl (C=O) groups is 2. The van der Waals surface area contributed by atoms with Gasteiger partial charge in [0, 0.05) is 6.54 Å². The van der Waals surface area contributed by atoms with Crippen molar-refractivity contribution >= 4 is 11.8 Å². The second-order valence-electron chi connectivity index (χ2n) is 5.19. The minimum Gasteiger partial charge on any atom is -0.345 e. The van der Waals surface area contributed by atoms with Gasteiger partial charge in [-0.05, 0) is 12.3 Å². The first-order valence-corrected chi connectivity index (χ1v) is 6.64. The Morgan fingerprint density at radius 3 is 2.59 bits per heavy atom. The third kappa shape index (κ3) is 5.71. The Labute approximate surface area is 104 Å². The average Bonchev–Trinajstić information content (AvgIpc) is 2.27. The van der Waals surface area contributed by atoms with Gasteiger partial charge in [0.25, 0.3) is 0 Å². The molecule has 4 nitrogen and oxygen atoms in total. The first kappa shape index (κ1) is 14.0. The molecule has 0 unspecified atom stereocenters. The molecule has 0 spiro atoms. The maximum Gasteiger partial charge on any atom is 0.242 e. The molecule has 98 valence electrons. The smallest absolute Gasteiger partial charge is 0.242 e. The summed E-state index contributed by atoms with van der Waals surface area (Å²) in [6.07, 6.45) is 5.94. The molecule has 1 rings (SSSR count). The van der Waals surface area contributed by atoms with E-state index in [0.717, 1.165) is 25.3 Å². The Morgan fingerprint density at radius 1 is 1.18 bits per heavy atom. The van der Waals surface area contributed by atoms with Crippen molar-refractivity contribution in [1.29, 1.82) is 0 Å². The van der Waals surface area contributed by atoms with E-state index in [9.17, 15) is 9.59 Å².